The predicted molar refractivity (Wildman–Crippen MR) is 58.8 cm³/mol. The van der Waals surface area contributed by atoms with Gasteiger partial charge in [0.05, 0.1) is 0 Å². The molecule has 1 fully saturated rings. The second-order valence-corrected chi connectivity index (χ2v) is 4.19. The maximum atomic E-state index is 11.1. The molecule has 1 heterocycles. The molecule has 82 valence electrons. The van der Waals surface area contributed by atoms with E-state index in [0.717, 1.165) is 19.4 Å². The van der Waals surface area contributed by atoms with Gasteiger partial charge in [0.25, 0.3) is 5.56 Å². The number of nitrogens with one attached hydrogen (secondary N) is 2. The summed E-state index contributed by atoms with van der Waals surface area (Å²) in [6.07, 6.45) is 2.13. The van der Waals surface area contributed by atoms with E-state index in [2.05, 4.69) is 15.3 Å². The first kappa shape index (κ1) is 10.2. The minimum atomic E-state index is -0.115. The van der Waals surface area contributed by atoms with Crippen molar-refractivity contribution < 1.29 is 0 Å². The largest absolute Gasteiger partial charge is 0.370 e. The summed E-state index contributed by atoms with van der Waals surface area (Å²) in [5, 5.41) is 3.16. The Morgan fingerprint density at radius 2 is 2.40 bits per heavy atom. The molecule has 15 heavy (non-hydrogen) atoms. The first-order chi connectivity index (χ1) is 7.13. The Morgan fingerprint density at radius 3 is 3.00 bits per heavy atom. The second kappa shape index (κ2) is 4.02. The van der Waals surface area contributed by atoms with Gasteiger partial charge in [-0.25, -0.2) is 4.98 Å². The van der Waals surface area contributed by atoms with Crippen LogP contribution in [-0.4, -0.2) is 22.6 Å². The fraction of sp³-hybridized carbons (Fsp3) is 0.600. The molecule has 4 N–H and O–H groups in total. The summed E-state index contributed by atoms with van der Waals surface area (Å²) in [4.78, 5) is 17.9. The van der Waals surface area contributed by atoms with Crippen LogP contribution in [-0.2, 0) is 0 Å². The summed E-state index contributed by atoms with van der Waals surface area (Å²) in [6.45, 7) is 2.62. The lowest BCUT2D eigenvalue weighted by Gasteiger charge is -2.32. The van der Waals surface area contributed by atoms with Gasteiger partial charge in [0, 0.05) is 18.7 Å². The number of H-pyrrole nitrogens is 1. The van der Waals surface area contributed by atoms with Crippen molar-refractivity contribution in [3.05, 3.63) is 22.2 Å². The van der Waals surface area contributed by atoms with Gasteiger partial charge in [-0.15, -0.1) is 0 Å². The van der Waals surface area contributed by atoms with E-state index in [-0.39, 0.29) is 5.56 Å². The molecule has 1 aromatic heterocycles. The van der Waals surface area contributed by atoms with Gasteiger partial charge in [-0.05, 0) is 25.7 Å². The Hall–Kier alpha value is -1.36. The lowest BCUT2D eigenvalue weighted by molar-refractivity contribution is 0.280. The number of aryl methyl sites for hydroxylation is 1. The van der Waals surface area contributed by atoms with Crippen molar-refractivity contribution in [3.63, 3.8) is 0 Å². The van der Waals surface area contributed by atoms with E-state index in [1.165, 1.54) is 6.07 Å². The molecular weight excluding hydrogens is 192 g/mol. The van der Waals surface area contributed by atoms with Crippen LogP contribution in [0.3, 0.4) is 0 Å². The van der Waals surface area contributed by atoms with Crippen LogP contribution in [0.5, 0.6) is 0 Å². The zero-order valence-corrected chi connectivity index (χ0v) is 8.79. The Morgan fingerprint density at radius 1 is 1.67 bits per heavy atom. The fourth-order valence-electron chi connectivity index (χ4n) is 1.87. The zero-order valence-electron chi connectivity index (χ0n) is 8.79. The summed E-state index contributed by atoms with van der Waals surface area (Å²) < 4.78 is 0. The standard InChI is InChI=1S/C10H16N4O/c1-6-13-9(4-10(15)14-6)12-5-7-2-8(11)3-7/h4,7-8H,2-3,5,11H2,1H3,(H2,12,13,14,15). The minimum Gasteiger partial charge on any atom is -0.370 e. The van der Waals surface area contributed by atoms with Crippen LogP contribution in [0.1, 0.15) is 18.7 Å². The number of nitrogens with zero attached hydrogens (tertiary/aromatic N) is 1. The number of hydrogen-bond acceptors (Lipinski definition) is 4. The van der Waals surface area contributed by atoms with E-state index in [9.17, 15) is 4.79 Å². The quantitative estimate of drug-likeness (QED) is 0.664. The second-order valence-electron chi connectivity index (χ2n) is 4.19. The lowest BCUT2D eigenvalue weighted by atomic mass is 9.81. The molecule has 1 aliphatic carbocycles. The average molecular weight is 208 g/mol. The summed E-state index contributed by atoms with van der Waals surface area (Å²) in [7, 11) is 0. The van der Waals surface area contributed by atoms with Crippen molar-refractivity contribution in [2.45, 2.75) is 25.8 Å². The maximum absolute atomic E-state index is 11.1. The summed E-state index contributed by atoms with van der Waals surface area (Å²) >= 11 is 0. The molecule has 1 aromatic rings. The van der Waals surface area contributed by atoms with Crippen molar-refractivity contribution in [3.8, 4) is 0 Å². The Labute approximate surface area is 88.1 Å². The van der Waals surface area contributed by atoms with Crippen molar-refractivity contribution in [1.82, 2.24) is 9.97 Å². The highest BCUT2D eigenvalue weighted by Gasteiger charge is 2.25. The van der Waals surface area contributed by atoms with Gasteiger partial charge in [0.15, 0.2) is 0 Å². The van der Waals surface area contributed by atoms with E-state index in [4.69, 9.17) is 5.73 Å². The molecule has 5 nitrogen and oxygen atoms in total. The fourth-order valence-corrected chi connectivity index (χ4v) is 1.87. The Balaban J connectivity index is 1.90. The summed E-state index contributed by atoms with van der Waals surface area (Å²) in [5.41, 5.74) is 5.57. The molecule has 2 rings (SSSR count). The molecular formula is C10H16N4O. The molecule has 1 saturated carbocycles. The number of hydrogen-bond donors (Lipinski definition) is 3. The monoisotopic (exact) mass is 208 g/mol. The Kier molecular flexibility index (Phi) is 2.73. The highest BCUT2D eigenvalue weighted by Crippen LogP contribution is 2.25. The molecule has 5 heteroatoms. The van der Waals surface area contributed by atoms with Crippen LogP contribution in [0.15, 0.2) is 10.9 Å². The zero-order chi connectivity index (χ0) is 10.8. The summed E-state index contributed by atoms with van der Waals surface area (Å²) in [5.74, 6) is 1.91. The lowest BCUT2D eigenvalue weighted by Crippen LogP contribution is -2.39. The van der Waals surface area contributed by atoms with Crippen molar-refractivity contribution in [2.75, 3.05) is 11.9 Å². The predicted octanol–water partition coefficient (Wildman–Crippen LogP) is 0.228. The number of aromatic amines is 1. The molecule has 1 aliphatic rings. The number of rotatable bonds is 3. The molecule has 0 aliphatic heterocycles. The van der Waals surface area contributed by atoms with Gasteiger partial charge in [0.2, 0.25) is 0 Å². The first-order valence-electron chi connectivity index (χ1n) is 5.21. The highest BCUT2D eigenvalue weighted by atomic mass is 16.1. The van der Waals surface area contributed by atoms with Crippen LogP contribution in [0, 0.1) is 12.8 Å². The van der Waals surface area contributed by atoms with Crippen LogP contribution in [0.25, 0.3) is 0 Å². The molecule has 0 unspecified atom stereocenters. The van der Waals surface area contributed by atoms with E-state index < -0.39 is 0 Å². The van der Waals surface area contributed by atoms with Crippen LogP contribution in [0.4, 0.5) is 5.82 Å². The molecule has 0 atom stereocenters. The smallest absolute Gasteiger partial charge is 0.252 e. The highest BCUT2D eigenvalue weighted by molar-refractivity contribution is 5.32. The van der Waals surface area contributed by atoms with Gasteiger partial charge in [-0.3, -0.25) is 4.79 Å². The third-order valence-corrected chi connectivity index (χ3v) is 2.70. The first-order valence-corrected chi connectivity index (χ1v) is 5.21. The van der Waals surface area contributed by atoms with Gasteiger partial charge in [0.1, 0.15) is 11.6 Å². The van der Waals surface area contributed by atoms with Gasteiger partial charge in [-0.1, -0.05) is 0 Å². The molecule has 0 radical (unpaired) electrons. The third-order valence-electron chi connectivity index (χ3n) is 2.70. The summed E-state index contributed by atoms with van der Waals surface area (Å²) in [6, 6.07) is 1.84. The van der Waals surface area contributed by atoms with E-state index in [1.54, 1.807) is 6.92 Å². The van der Waals surface area contributed by atoms with Gasteiger partial charge in [-0.2, -0.15) is 0 Å². The molecule has 0 saturated heterocycles. The third kappa shape index (κ3) is 2.56. The van der Waals surface area contributed by atoms with Gasteiger partial charge >= 0.3 is 0 Å². The molecule has 0 aromatic carbocycles. The number of aromatic nitrogens is 2. The van der Waals surface area contributed by atoms with E-state index in [0.29, 0.717) is 23.6 Å². The number of nitrogens with two attached hydrogens (primary N) is 1. The Bertz CT molecular complexity index is 395. The minimum absolute atomic E-state index is 0.115. The number of anilines is 1. The van der Waals surface area contributed by atoms with Crippen LogP contribution >= 0.6 is 0 Å². The van der Waals surface area contributed by atoms with E-state index >= 15 is 0 Å². The topological polar surface area (TPSA) is 83.8 Å². The maximum Gasteiger partial charge on any atom is 0.252 e. The van der Waals surface area contributed by atoms with Crippen LogP contribution < -0.4 is 16.6 Å². The van der Waals surface area contributed by atoms with Crippen molar-refractivity contribution in [2.24, 2.45) is 11.7 Å². The van der Waals surface area contributed by atoms with Crippen molar-refractivity contribution >= 4 is 5.82 Å². The molecule has 0 bridgehead atoms. The normalized spacial score (nSPS) is 24.7. The van der Waals surface area contributed by atoms with Crippen LogP contribution in [0.2, 0.25) is 0 Å². The van der Waals surface area contributed by atoms with Crippen molar-refractivity contribution in [1.29, 1.82) is 0 Å². The molecule has 0 spiro atoms. The molecule has 0 amide bonds. The average Bonchev–Trinajstić information content (AvgIpc) is 2.09. The van der Waals surface area contributed by atoms with Gasteiger partial charge < -0.3 is 16.0 Å². The van der Waals surface area contributed by atoms with E-state index in [1.807, 2.05) is 0 Å². The SMILES string of the molecule is Cc1nc(NCC2CC(N)C2)cc(=O)[nH]1.